The van der Waals surface area contributed by atoms with E-state index in [1.165, 1.54) is 5.56 Å². The number of hydrogen-bond donors (Lipinski definition) is 0. The standard InChI is InChI=1S/C25H29F2NO3/c1-16(31-20-8-5-18(6-9-20)25(2,3)4)24(30)28-13-11-17(12-14-28)23(29)21-15-19(26)7-10-22(21)27/h5-10,15-17H,11-14H2,1-4H3. The van der Waals surface area contributed by atoms with Gasteiger partial charge in [0.2, 0.25) is 0 Å². The molecule has 166 valence electrons. The van der Waals surface area contributed by atoms with Crippen LogP contribution in [0.15, 0.2) is 42.5 Å². The molecule has 1 saturated heterocycles. The molecule has 3 rings (SSSR count). The van der Waals surface area contributed by atoms with Gasteiger partial charge in [0.1, 0.15) is 17.4 Å². The summed E-state index contributed by atoms with van der Waals surface area (Å²) in [5.74, 6) is -1.72. The number of rotatable bonds is 5. The van der Waals surface area contributed by atoms with E-state index in [4.69, 9.17) is 4.74 Å². The van der Waals surface area contributed by atoms with Crippen LogP contribution in [-0.4, -0.2) is 35.8 Å². The van der Waals surface area contributed by atoms with Crippen molar-refractivity contribution in [3.05, 3.63) is 65.2 Å². The van der Waals surface area contributed by atoms with Gasteiger partial charge in [-0.05, 0) is 61.1 Å². The fourth-order valence-corrected chi connectivity index (χ4v) is 3.81. The van der Waals surface area contributed by atoms with Crippen LogP contribution >= 0.6 is 0 Å². The summed E-state index contributed by atoms with van der Waals surface area (Å²) in [5.41, 5.74) is 0.997. The molecule has 31 heavy (non-hydrogen) atoms. The molecular weight excluding hydrogens is 400 g/mol. The van der Waals surface area contributed by atoms with Crippen molar-refractivity contribution in [2.45, 2.75) is 52.1 Å². The van der Waals surface area contributed by atoms with Crippen LogP contribution in [0.1, 0.15) is 56.5 Å². The lowest BCUT2D eigenvalue weighted by atomic mass is 9.87. The third kappa shape index (κ3) is 5.49. The lowest BCUT2D eigenvalue weighted by Crippen LogP contribution is -2.45. The minimum absolute atomic E-state index is 0.0379. The molecule has 2 aromatic carbocycles. The number of carbonyl (C=O) groups is 2. The highest BCUT2D eigenvalue weighted by Crippen LogP contribution is 2.26. The van der Waals surface area contributed by atoms with E-state index in [9.17, 15) is 18.4 Å². The number of Topliss-reactive ketones (excluding diaryl/α,β-unsaturated/α-hetero) is 1. The van der Waals surface area contributed by atoms with E-state index < -0.39 is 29.4 Å². The number of halogens is 2. The van der Waals surface area contributed by atoms with Gasteiger partial charge >= 0.3 is 0 Å². The first kappa shape index (κ1) is 22.9. The summed E-state index contributed by atoms with van der Waals surface area (Å²) in [7, 11) is 0. The van der Waals surface area contributed by atoms with Crippen LogP contribution in [0.2, 0.25) is 0 Å². The number of hydrogen-bond acceptors (Lipinski definition) is 3. The normalized spacial score (nSPS) is 16.1. The van der Waals surface area contributed by atoms with Gasteiger partial charge in [0.25, 0.3) is 5.91 Å². The van der Waals surface area contributed by atoms with Crippen LogP contribution in [0.25, 0.3) is 0 Å². The molecule has 0 radical (unpaired) electrons. The van der Waals surface area contributed by atoms with Crippen molar-refractivity contribution in [3.8, 4) is 5.75 Å². The number of ketones is 1. The Hall–Kier alpha value is -2.76. The molecular formula is C25H29F2NO3. The second-order valence-corrected chi connectivity index (χ2v) is 9.12. The highest BCUT2D eigenvalue weighted by atomic mass is 19.1. The maximum atomic E-state index is 13.9. The second-order valence-electron chi connectivity index (χ2n) is 9.12. The Bertz CT molecular complexity index is 942. The van der Waals surface area contributed by atoms with Crippen LogP contribution in [0.5, 0.6) is 5.75 Å². The third-order valence-corrected chi connectivity index (χ3v) is 5.75. The van der Waals surface area contributed by atoms with Gasteiger partial charge in [0.15, 0.2) is 11.9 Å². The number of carbonyl (C=O) groups excluding carboxylic acids is 2. The van der Waals surface area contributed by atoms with E-state index in [0.717, 1.165) is 18.2 Å². The largest absolute Gasteiger partial charge is 0.481 e. The van der Waals surface area contributed by atoms with E-state index >= 15 is 0 Å². The number of benzene rings is 2. The zero-order valence-corrected chi connectivity index (χ0v) is 18.5. The third-order valence-electron chi connectivity index (χ3n) is 5.75. The highest BCUT2D eigenvalue weighted by Gasteiger charge is 2.31. The maximum absolute atomic E-state index is 13.9. The molecule has 0 aliphatic carbocycles. The number of likely N-dealkylation sites (tertiary alicyclic amines) is 1. The lowest BCUT2D eigenvalue weighted by molar-refractivity contribution is -0.139. The van der Waals surface area contributed by atoms with E-state index in [2.05, 4.69) is 20.8 Å². The Balaban J connectivity index is 1.56. The summed E-state index contributed by atoms with van der Waals surface area (Å²) in [6.45, 7) is 8.86. The molecule has 0 spiro atoms. The molecule has 1 aliphatic heterocycles. The first-order chi connectivity index (χ1) is 14.6. The van der Waals surface area contributed by atoms with Crippen molar-refractivity contribution in [3.63, 3.8) is 0 Å². The summed E-state index contributed by atoms with van der Waals surface area (Å²) in [6, 6.07) is 10.6. The molecule has 1 fully saturated rings. The minimum Gasteiger partial charge on any atom is -0.481 e. The van der Waals surface area contributed by atoms with Gasteiger partial charge in [-0.2, -0.15) is 0 Å². The zero-order chi connectivity index (χ0) is 22.8. The molecule has 1 heterocycles. The Morgan fingerprint density at radius 1 is 1.03 bits per heavy atom. The van der Waals surface area contributed by atoms with Gasteiger partial charge in [-0.25, -0.2) is 8.78 Å². The van der Waals surface area contributed by atoms with Crippen molar-refractivity contribution in [1.82, 2.24) is 4.90 Å². The van der Waals surface area contributed by atoms with Crippen LogP contribution in [0.4, 0.5) is 8.78 Å². The lowest BCUT2D eigenvalue weighted by Gasteiger charge is -2.33. The molecule has 0 bridgehead atoms. The molecule has 1 amide bonds. The van der Waals surface area contributed by atoms with Gasteiger partial charge < -0.3 is 9.64 Å². The van der Waals surface area contributed by atoms with Gasteiger partial charge in [-0.1, -0.05) is 32.9 Å². The smallest absolute Gasteiger partial charge is 0.263 e. The maximum Gasteiger partial charge on any atom is 0.263 e. The van der Waals surface area contributed by atoms with E-state index in [1.54, 1.807) is 11.8 Å². The van der Waals surface area contributed by atoms with Gasteiger partial charge in [-0.3, -0.25) is 9.59 Å². The van der Waals surface area contributed by atoms with Crippen molar-refractivity contribution in [2.24, 2.45) is 5.92 Å². The Kier molecular flexibility index (Phi) is 6.77. The number of ether oxygens (including phenoxy) is 1. The number of nitrogens with zero attached hydrogens (tertiary/aromatic N) is 1. The van der Waals surface area contributed by atoms with Crippen molar-refractivity contribution in [2.75, 3.05) is 13.1 Å². The van der Waals surface area contributed by atoms with Crippen molar-refractivity contribution in [1.29, 1.82) is 0 Å². The van der Waals surface area contributed by atoms with E-state index in [1.807, 2.05) is 24.3 Å². The van der Waals surface area contributed by atoms with Crippen molar-refractivity contribution < 1.29 is 23.1 Å². The summed E-state index contributed by atoms with van der Waals surface area (Å²) in [6.07, 6.45) is 0.162. The summed E-state index contributed by atoms with van der Waals surface area (Å²) in [5, 5.41) is 0. The molecule has 1 atom stereocenters. The topological polar surface area (TPSA) is 46.6 Å². The average Bonchev–Trinajstić information content (AvgIpc) is 2.74. The van der Waals surface area contributed by atoms with Gasteiger partial charge in [-0.15, -0.1) is 0 Å². The van der Waals surface area contributed by atoms with Crippen LogP contribution in [0, 0.1) is 17.6 Å². The summed E-state index contributed by atoms with van der Waals surface area (Å²) in [4.78, 5) is 27.0. The predicted molar refractivity (Wildman–Crippen MR) is 115 cm³/mol. The molecule has 1 unspecified atom stereocenters. The Morgan fingerprint density at radius 3 is 2.23 bits per heavy atom. The monoisotopic (exact) mass is 429 g/mol. The van der Waals surface area contributed by atoms with Crippen LogP contribution < -0.4 is 4.74 Å². The van der Waals surface area contributed by atoms with Crippen molar-refractivity contribution >= 4 is 11.7 Å². The average molecular weight is 430 g/mol. The molecule has 2 aromatic rings. The quantitative estimate of drug-likeness (QED) is 0.618. The fraction of sp³-hybridized carbons (Fsp3) is 0.440. The summed E-state index contributed by atoms with van der Waals surface area (Å²) >= 11 is 0. The molecule has 0 saturated carbocycles. The molecule has 6 heteroatoms. The van der Waals surface area contributed by atoms with E-state index in [-0.39, 0.29) is 16.9 Å². The predicted octanol–water partition coefficient (Wildman–Crippen LogP) is 5.15. The fourth-order valence-electron chi connectivity index (χ4n) is 3.81. The van der Waals surface area contributed by atoms with Gasteiger partial charge in [0.05, 0.1) is 5.56 Å². The zero-order valence-electron chi connectivity index (χ0n) is 18.5. The molecule has 0 N–H and O–H groups in total. The molecule has 1 aliphatic rings. The molecule has 4 nitrogen and oxygen atoms in total. The number of piperidine rings is 1. The number of amides is 1. The SMILES string of the molecule is CC(Oc1ccc(C(C)(C)C)cc1)C(=O)N1CCC(C(=O)c2cc(F)ccc2F)CC1. The van der Waals surface area contributed by atoms with Crippen LogP contribution in [0.3, 0.4) is 0 Å². The first-order valence-corrected chi connectivity index (χ1v) is 10.6. The Morgan fingerprint density at radius 2 is 1.65 bits per heavy atom. The summed E-state index contributed by atoms with van der Waals surface area (Å²) < 4.78 is 33.1. The van der Waals surface area contributed by atoms with Gasteiger partial charge in [0, 0.05) is 19.0 Å². The second kappa shape index (κ2) is 9.16. The first-order valence-electron chi connectivity index (χ1n) is 10.6. The minimum atomic E-state index is -0.718. The Labute approximate surface area is 182 Å². The van der Waals surface area contributed by atoms with Crippen LogP contribution in [-0.2, 0) is 10.2 Å². The van der Waals surface area contributed by atoms with E-state index in [0.29, 0.717) is 31.7 Å². The highest BCUT2D eigenvalue weighted by molar-refractivity contribution is 5.98. The molecule has 0 aromatic heterocycles.